The first kappa shape index (κ1) is 23.7. The highest BCUT2D eigenvalue weighted by molar-refractivity contribution is 6.35. The maximum absolute atomic E-state index is 12.7. The Morgan fingerprint density at radius 2 is 1.88 bits per heavy atom. The summed E-state index contributed by atoms with van der Waals surface area (Å²) >= 11 is 19.3. The van der Waals surface area contributed by atoms with Crippen LogP contribution in [0.1, 0.15) is 37.5 Å². The van der Waals surface area contributed by atoms with Crippen LogP contribution in [0, 0.1) is 0 Å². The van der Waals surface area contributed by atoms with E-state index < -0.39 is 29.8 Å². The summed E-state index contributed by atoms with van der Waals surface area (Å²) in [6.45, 7) is 4.33. The van der Waals surface area contributed by atoms with Crippen molar-refractivity contribution in [2.75, 3.05) is 18.0 Å². The van der Waals surface area contributed by atoms with E-state index in [1.165, 1.54) is 0 Å². The Morgan fingerprint density at radius 1 is 1.12 bits per heavy atom. The van der Waals surface area contributed by atoms with Crippen LogP contribution < -0.4 is 9.64 Å². The number of aliphatic hydroxyl groups is 1. The highest BCUT2D eigenvalue weighted by Crippen LogP contribution is 2.45. The van der Waals surface area contributed by atoms with Crippen LogP contribution in [0.15, 0.2) is 30.3 Å². The Balaban J connectivity index is 1.52. The molecular formula is C24H23Cl3N2O5. The number of carbonyl (C=O) groups is 2. The van der Waals surface area contributed by atoms with Crippen LogP contribution in [-0.2, 0) is 16.0 Å². The number of amides is 2. The van der Waals surface area contributed by atoms with Gasteiger partial charge in [-0.2, -0.15) is 0 Å². The molecule has 10 heteroatoms. The third-order valence-electron chi connectivity index (χ3n) is 6.60. The van der Waals surface area contributed by atoms with E-state index in [0.29, 0.717) is 45.9 Å². The summed E-state index contributed by atoms with van der Waals surface area (Å²) in [6.07, 6.45) is -0.311. The third-order valence-corrected chi connectivity index (χ3v) is 7.47. The first-order valence-electron chi connectivity index (χ1n) is 11.0. The van der Waals surface area contributed by atoms with Crippen LogP contribution in [0.25, 0.3) is 0 Å². The van der Waals surface area contributed by atoms with E-state index >= 15 is 0 Å². The Morgan fingerprint density at radius 3 is 2.53 bits per heavy atom. The van der Waals surface area contributed by atoms with Crippen molar-refractivity contribution in [2.24, 2.45) is 0 Å². The zero-order valence-corrected chi connectivity index (χ0v) is 20.8. The second-order valence-electron chi connectivity index (χ2n) is 9.34. The fourth-order valence-electron chi connectivity index (χ4n) is 4.89. The molecule has 3 aliphatic rings. The quantitative estimate of drug-likeness (QED) is 0.604. The highest BCUT2D eigenvalue weighted by Gasteiger charge is 2.48. The largest absolute Gasteiger partial charge is 0.482 e. The van der Waals surface area contributed by atoms with Crippen LogP contribution >= 0.6 is 34.8 Å². The minimum Gasteiger partial charge on any atom is -0.482 e. The predicted molar refractivity (Wildman–Crippen MR) is 129 cm³/mol. The van der Waals surface area contributed by atoms with Gasteiger partial charge in [-0.1, -0.05) is 34.8 Å². The number of hydrogen-bond donors (Lipinski definition) is 1. The van der Waals surface area contributed by atoms with Gasteiger partial charge in [-0.25, -0.2) is 9.69 Å². The van der Waals surface area contributed by atoms with Crippen LogP contribution in [0.5, 0.6) is 5.75 Å². The molecule has 0 aromatic heterocycles. The molecule has 1 unspecified atom stereocenters. The summed E-state index contributed by atoms with van der Waals surface area (Å²) in [4.78, 5) is 28.3. The van der Waals surface area contributed by atoms with Gasteiger partial charge in [-0.05, 0) is 56.5 Å². The molecule has 2 aromatic carbocycles. The first-order valence-corrected chi connectivity index (χ1v) is 12.1. The molecule has 1 N–H and O–H groups in total. The van der Waals surface area contributed by atoms with Crippen LogP contribution in [0.2, 0.25) is 15.1 Å². The van der Waals surface area contributed by atoms with Crippen molar-refractivity contribution in [3.8, 4) is 5.75 Å². The lowest BCUT2D eigenvalue weighted by atomic mass is 10.1. The number of imide groups is 1. The number of likely N-dealkylation sites (tertiary alicyclic amines) is 1. The molecule has 2 heterocycles. The lowest BCUT2D eigenvalue weighted by Gasteiger charge is -2.30. The monoisotopic (exact) mass is 524 g/mol. The average molecular weight is 526 g/mol. The molecule has 5 rings (SSSR count). The second-order valence-corrected chi connectivity index (χ2v) is 10.6. The number of anilines is 1. The number of cyclic esters (lactones) is 1. The Bertz CT molecular complexity index is 1190. The van der Waals surface area contributed by atoms with E-state index in [9.17, 15) is 14.7 Å². The van der Waals surface area contributed by atoms with Crippen LogP contribution in [0.3, 0.4) is 0 Å². The van der Waals surface area contributed by atoms with Crippen molar-refractivity contribution >= 4 is 52.5 Å². The topological polar surface area (TPSA) is 79.3 Å². The van der Waals surface area contributed by atoms with E-state index in [-0.39, 0.29) is 6.04 Å². The van der Waals surface area contributed by atoms with Gasteiger partial charge in [-0.15, -0.1) is 0 Å². The molecule has 0 spiro atoms. The maximum atomic E-state index is 12.7. The smallest absolute Gasteiger partial charge is 0.422 e. The van der Waals surface area contributed by atoms with Gasteiger partial charge in [0.05, 0.1) is 22.9 Å². The number of nitrogens with zero attached hydrogens (tertiary/aromatic N) is 2. The van der Waals surface area contributed by atoms with E-state index in [1.807, 2.05) is 6.07 Å². The molecule has 3 atom stereocenters. The van der Waals surface area contributed by atoms with Crippen molar-refractivity contribution in [2.45, 2.75) is 50.5 Å². The number of benzene rings is 2. The van der Waals surface area contributed by atoms with Gasteiger partial charge >= 0.3 is 6.09 Å². The summed E-state index contributed by atoms with van der Waals surface area (Å²) in [5.41, 5.74) is 0.838. The zero-order valence-electron chi connectivity index (χ0n) is 18.6. The van der Waals surface area contributed by atoms with Crippen molar-refractivity contribution < 1.29 is 24.2 Å². The van der Waals surface area contributed by atoms with Gasteiger partial charge < -0.3 is 14.6 Å². The molecule has 2 aliphatic heterocycles. The average Bonchev–Trinajstić information content (AvgIpc) is 3.39. The number of carbonyl (C=O) groups excluding carboxylic acids is 2. The number of hydrogen-bond acceptors (Lipinski definition) is 6. The van der Waals surface area contributed by atoms with Gasteiger partial charge in [0.2, 0.25) is 0 Å². The number of fused-ring (bicyclic) bond motifs is 1. The Labute approximate surface area is 212 Å². The van der Waals surface area contributed by atoms with Gasteiger partial charge in [0.15, 0.2) is 5.60 Å². The molecule has 0 saturated carbocycles. The van der Waals surface area contributed by atoms with E-state index in [0.717, 1.165) is 22.6 Å². The van der Waals surface area contributed by atoms with Gasteiger partial charge in [0.1, 0.15) is 11.9 Å². The fourth-order valence-corrected chi connectivity index (χ4v) is 5.64. The summed E-state index contributed by atoms with van der Waals surface area (Å²) < 4.78 is 11.7. The lowest BCUT2D eigenvalue weighted by Crippen LogP contribution is -2.39. The summed E-state index contributed by atoms with van der Waals surface area (Å²) in [6, 6.07) is 8.15. The third kappa shape index (κ3) is 4.03. The lowest BCUT2D eigenvalue weighted by molar-refractivity contribution is -0.127. The number of halogens is 3. The minimum atomic E-state index is -1.25. The Hall–Kier alpha value is -2.03. The predicted octanol–water partition coefficient (Wildman–Crippen LogP) is 5.02. The number of β-amino-alcohol motifs (C(OH)–C–C–N with tert-alkyl or cyclic N) is 1. The maximum Gasteiger partial charge on any atom is 0.422 e. The van der Waals surface area contributed by atoms with Gasteiger partial charge in [-0.3, -0.25) is 9.69 Å². The van der Waals surface area contributed by atoms with Crippen LogP contribution in [0.4, 0.5) is 10.5 Å². The van der Waals surface area contributed by atoms with Gasteiger partial charge in [0.25, 0.3) is 5.91 Å². The fraction of sp³-hybridized carbons (Fsp3) is 0.417. The molecule has 34 heavy (non-hydrogen) atoms. The van der Waals surface area contributed by atoms with E-state index in [4.69, 9.17) is 44.3 Å². The molecule has 1 aliphatic carbocycles. The van der Waals surface area contributed by atoms with Crippen molar-refractivity contribution in [1.82, 2.24) is 4.90 Å². The molecule has 2 amide bonds. The highest BCUT2D eigenvalue weighted by atomic mass is 35.5. The van der Waals surface area contributed by atoms with Crippen LogP contribution in [-0.4, -0.2) is 52.8 Å². The summed E-state index contributed by atoms with van der Waals surface area (Å²) in [7, 11) is 0. The van der Waals surface area contributed by atoms with Crippen molar-refractivity contribution in [3.63, 3.8) is 0 Å². The normalized spacial score (nSPS) is 26.2. The second kappa shape index (κ2) is 8.57. The molecule has 0 radical (unpaired) electrons. The van der Waals surface area contributed by atoms with E-state index in [1.54, 1.807) is 38.1 Å². The molecule has 7 nitrogen and oxygen atoms in total. The molecule has 0 bridgehead atoms. The number of aliphatic hydroxyl groups excluding tert-OH is 1. The molecule has 180 valence electrons. The van der Waals surface area contributed by atoms with Gasteiger partial charge in [0, 0.05) is 34.8 Å². The number of ether oxygens (including phenoxy) is 2. The molecular weight excluding hydrogens is 503 g/mol. The Kier molecular flexibility index (Phi) is 5.97. The van der Waals surface area contributed by atoms with Crippen molar-refractivity contribution in [3.05, 3.63) is 56.5 Å². The molecule has 2 aromatic rings. The zero-order chi connectivity index (χ0) is 24.4. The molecule has 2 saturated heterocycles. The standard InChI is InChI=1S/C24H23Cl3N2O5/c1-24(2)22(31)29(23(32)34-24)13-3-4-17(26)20(9-13)33-21-16-7-12(25)8-18(27)15(16)10-19(21)28-6-5-14(30)11-28/h3-4,7-9,14,19,21,30H,5-6,10-11H2,1-2H3/t14?,19-,21-/m0/s1. The molecule has 2 fully saturated rings. The SMILES string of the molecule is CC1(C)OC(=O)N(c2ccc(Cl)c(O[C@H]3c4cc(Cl)cc(Cl)c4C[C@@H]3N3CCC(O)C3)c2)C1=O. The van der Waals surface area contributed by atoms with Crippen molar-refractivity contribution in [1.29, 1.82) is 0 Å². The number of rotatable bonds is 4. The first-order chi connectivity index (χ1) is 16.0. The summed E-state index contributed by atoms with van der Waals surface area (Å²) in [5, 5.41) is 11.5. The van der Waals surface area contributed by atoms with E-state index in [2.05, 4.69) is 4.90 Å². The summed E-state index contributed by atoms with van der Waals surface area (Å²) in [5.74, 6) is -0.164. The minimum absolute atomic E-state index is 0.0971.